The van der Waals surface area contributed by atoms with Gasteiger partial charge in [0.2, 0.25) is 0 Å². The van der Waals surface area contributed by atoms with E-state index in [2.05, 4.69) is 16.8 Å². The number of imidazole rings is 1. The van der Waals surface area contributed by atoms with Crippen molar-refractivity contribution in [1.82, 2.24) is 14.5 Å². The summed E-state index contributed by atoms with van der Waals surface area (Å²) in [4.78, 5) is 6.27. The summed E-state index contributed by atoms with van der Waals surface area (Å²) in [5, 5.41) is -0.102. The third-order valence-electron chi connectivity index (χ3n) is 3.27. The van der Waals surface area contributed by atoms with Gasteiger partial charge in [-0.15, -0.1) is 0 Å². The lowest BCUT2D eigenvalue weighted by Crippen LogP contribution is -2.44. The van der Waals surface area contributed by atoms with Crippen molar-refractivity contribution >= 4 is 19.7 Å². The van der Waals surface area contributed by atoms with Gasteiger partial charge in [-0.1, -0.05) is 6.92 Å². The van der Waals surface area contributed by atoms with E-state index in [1.807, 2.05) is 0 Å². The molecular weight excluding hydrogens is 290 g/mol. The van der Waals surface area contributed by atoms with Gasteiger partial charge in [-0.25, -0.2) is 13.4 Å². The van der Waals surface area contributed by atoms with Crippen LogP contribution in [0.1, 0.15) is 12.7 Å². The fourth-order valence-electron chi connectivity index (χ4n) is 2.18. The zero-order valence-electron chi connectivity index (χ0n) is 11.0. The van der Waals surface area contributed by atoms with Gasteiger partial charge in [-0.05, 0) is 13.5 Å². The van der Waals surface area contributed by atoms with E-state index in [1.54, 1.807) is 11.5 Å². The predicted molar refractivity (Wildman–Crippen MR) is 71.9 cm³/mol. The summed E-state index contributed by atoms with van der Waals surface area (Å²) >= 11 is 0. The Balaban J connectivity index is 2.09. The first kappa shape index (κ1) is 14.8. The minimum Gasteiger partial charge on any atom is -0.374 e. The normalized spacial score (nSPS) is 21.7. The molecule has 0 aliphatic carbocycles. The second-order valence-electron chi connectivity index (χ2n) is 4.60. The molecular formula is C11H18ClN3O3S. The molecule has 1 aromatic heterocycles. The fraction of sp³-hybridized carbons (Fsp3) is 0.727. The number of nitrogens with zero attached hydrogens (tertiary/aromatic N) is 3. The van der Waals surface area contributed by atoms with Crippen LogP contribution in [0.4, 0.5) is 0 Å². The third-order valence-corrected chi connectivity index (χ3v) is 4.44. The van der Waals surface area contributed by atoms with E-state index < -0.39 is 9.05 Å². The zero-order chi connectivity index (χ0) is 14.0. The molecule has 0 amide bonds. The Labute approximate surface area is 117 Å². The van der Waals surface area contributed by atoms with E-state index >= 15 is 0 Å². The van der Waals surface area contributed by atoms with E-state index in [1.165, 1.54) is 6.20 Å². The molecule has 1 saturated heterocycles. The van der Waals surface area contributed by atoms with Crippen LogP contribution in [-0.2, 0) is 20.3 Å². The molecule has 1 aliphatic rings. The first-order chi connectivity index (χ1) is 8.90. The number of likely N-dealkylation sites (N-methyl/N-ethyl adjacent to an activating group) is 1. The molecule has 8 heteroatoms. The summed E-state index contributed by atoms with van der Waals surface area (Å²) in [6.45, 7) is 7.93. The molecule has 2 rings (SSSR count). The highest BCUT2D eigenvalue weighted by Gasteiger charge is 2.22. The van der Waals surface area contributed by atoms with Crippen molar-refractivity contribution in [3.8, 4) is 0 Å². The largest absolute Gasteiger partial charge is 0.374 e. The summed E-state index contributed by atoms with van der Waals surface area (Å²) in [6.07, 6.45) is 1.51. The highest BCUT2D eigenvalue weighted by Crippen LogP contribution is 2.16. The summed E-state index contributed by atoms with van der Waals surface area (Å²) in [5.41, 5.74) is 0. The Hall–Kier alpha value is -0.630. The monoisotopic (exact) mass is 307 g/mol. The van der Waals surface area contributed by atoms with E-state index in [0.29, 0.717) is 19.0 Å². The lowest BCUT2D eigenvalue weighted by molar-refractivity contribution is -0.0345. The molecule has 2 heterocycles. The molecule has 1 unspecified atom stereocenters. The SMILES string of the molecule is CCN1CCOC(Cn2cc(S(=O)(=O)Cl)nc2C)C1. The average Bonchev–Trinajstić information content (AvgIpc) is 2.71. The maximum absolute atomic E-state index is 11.2. The van der Waals surface area contributed by atoms with Crippen LogP contribution in [-0.4, -0.2) is 55.2 Å². The maximum atomic E-state index is 11.2. The van der Waals surface area contributed by atoms with Crippen molar-refractivity contribution in [2.24, 2.45) is 0 Å². The zero-order valence-corrected chi connectivity index (χ0v) is 12.6. The number of morpholine rings is 1. The lowest BCUT2D eigenvalue weighted by atomic mass is 10.2. The van der Waals surface area contributed by atoms with Crippen LogP contribution in [0.3, 0.4) is 0 Å². The van der Waals surface area contributed by atoms with Crippen molar-refractivity contribution in [3.63, 3.8) is 0 Å². The van der Waals surface area contributed by atoms with Gasteiger partial charge in [0.1, 0.15) is 5.82 Å². The van der Waals surface area contributed by atoms with Crippen molar-refractivity contribution in [1.29, 1.82) is 0 Å². The third kappa shape index (κ3) is 3.68. The Morgan fingerprint density at radius 2 is 2.32 bits per heavy atom. The van der Waals surface area contributed by atoms with E-state index in [-0.39, 0.29) is 11.1 Å². The van der Waals surface area contributed by atoms with Gasteiger partial charge >= 0.3 is 0 Å². The summed E-state index contributed by atoms with van der Waals surface area (Å²) in [7, 11) is 1.52. The van der Waals surface area contributed by atoms with Crippen molar-refractivity contribution in [2.45, 2.75) is 31.5 Å². The smallest absolute Gasteiger partial charge is 0.280 e. The van der Waals surface area contributed by atoms with Gasteiger partial charge in [0.05, 0.1) is 19.3 Å². The number of hydrogen-bond acceptors (Lipinski definition) is 5. The second kappa shape index (κ2) is 5.78. The molecule has 1 aliphatic heterocycles. The average molecular weight is 308 g/mol. The molecule has 0 bridgehead atoms. The number of aryl methyl sites for hydroxylation is 1. The number of halogens is 1. The molecule has 6 nitrogen and oxygen atoms in total. The minimum absolute atomic E-state index is 0.0486. The van der Waals surface area contributed by atoms with E-state index in [9.17, 15) is 8.42 Å². The molecule has 1 aromatic rings. The van der Waals surface area contributed by atoms with Crippen LogP contribution in [0.5, 0.6) is 0 Å². The first-order valence-electron chi connectivity index (χ1n) is 6.22. The van der Waals surface area contributed by atoms with Crippen molar-refractivity contribution in [3.05, 3.63) is 12.0 Å². The number of ether oxygens (including phenoxy) is 1. The van der Waals surface area contributed by atoms with Gasteiger partial charge < -0.3 is 9.30 Å². The van der Waals surface area contributed by atoms with Crippen molar-refractivity contribution in [2.75, 3.05) is 26.2 Å². The maximum Gasteiger partial charge on any atom is 0.280 e. The Morgan fingerprint density at radius 1 is 1.58 bits per heavy atom. The van der Waals surface area contributed by atoms with Crippen LogP contribution in [0, 0.1) is 6.92 Å². The van der Waals surface area contributed by atoms with Crippen LogP contribution >= 0.6 is 10.7 Å². The molecule has 0 radical (unpaired) electrons. The summed E-state index contributed by atoms with van der Waals surface area (Å²) < 4.78 is 29.9. The van der Waals surface area contributed by atoms with Crippen LogP contribution in [0.15, 0.2) is 11.2 Å². The van der Waals surface area contributed by atoms with Crippen LogP contribution in [0.2, 0.25) is 0 Å². The lowest BCUT2D eigenvalue weighted by Gasteiger charge is -2.32. The van der Waals surface area contributed by atoms with Gasteiger partial charge in [-0.2, -0.15) is 0 Å². The molecule has 0 spiro atoms. The molecule has 0 saturated carbocycles. The summed E-state index contributed by atoms with van der Waals surface area (Å²) in [5.74, 6) is 0.622. The molecule has 0 aromatic carbocycles. The molecule has 1 atom stereocenters. The van der Waals surface area contributed by atoms with Crippen LogP contribution < -0.4 is 0 Å². The van der Waals surface area contributed by atoms with Crippen molar-refractivity contribution < 1.29 is 13.2 Å². The molecule has 19 heavy (non-hydrogen) atoms. The van der Waals surface area contributed by atoms with E-state index in [0.717, 1.165) is 19.6 Å². The van der Waals surface area contributed by atoms with E-state index in [4.69, 9.17) is 15.4 Å². The fourth-order valence-corrected chi connectivity index (χ4v) is 2.90. The highest BCUT2D eigenvalue weighted by molar-refractivity contribution is 8.13. The highest BCUT2D eigenvalue weighted by atomic mass is 35.7. The molecule has 0 N–H and O–H groups in total. The summed E-state index contributed by atoms with van der Waals surface area (Å²) in [6, 6.07) is 0. The first-order valence-corrected chi connectivity index (χ1v) is 8.53. The van der Waals surface area contributed by atoms with Gasteiger partial charge in [0.15, 0.2) is 5.03 Å². The Kier molecular flexibility index (Phi) is 4.50. The standard InChI is InChI=1S/C11H18ClN3O3S/c1-3-14-4-5-18-10(6-14)7-15-8-11(13-9(15)2)19(12,16)17/h8,10H,3-7H2,1-2H3. The van der Waals surface area contributed by atoms with Gasteiger partial charge in [0, 0.05) is 30.0 Å². The number of hydrogen-bond donors (Lipinski definition) is 0. The van der Waals surface area contributed by atoms with Gasteiger partial charge in [0.25, 0.3) is 9.05 Å². The number of aromatic nitrogens is 2. The predicted octanol–water partition coefficient (Wildman–Crippen LogP) is 0.840. The molecule has 108 valence electrons. The minimum atomic E-state index is -3.77. The second-order valence-corrected chi connectivity index (χ2v) is 7.12. The van der Waals surface area contributed by atoms with Crippen LogP contribution in [0.25, 0.3) is 0 Å². The Morgan fingerprint density at radius 3 is 2.89 bits per heavy atom. The van der Waals surface area contributed by atoms with Gasteiger partial charge in [-0.3, -0.25) is 4.90 Å². The quantitative estimate of drug-likeness (QED) is 0.771. The topological polar surface area (TPSA) is 64.4 Å². The Bertz CT molecular complexity index is 543. The molecule has 1 fully saturated rings. The number of rotatable bonds is 4.